The maximum absolute atomic E-state index is 10.2. The maximum Gasteiger partial charge on any atom is 0.365 e. The lowest BCUT2D eigenvalue weighted by Gasteiger charge is -1.77. The molecular weight excluding hydrogens is 142 g/mol. The molecule has 0 unspecified atom stereocenters. The number of rotatable bonds is 1. The van der Waals surface area contributed by atoms with Crippen molar-refractivity contribution < 1.29 is 15.0 Å². The third-order valence-electron chi connectivity index (χ3n) is 0.666. The highest BCUT2D eigenvalue weighted by Crippen LogP contribution is 2.14. The Morgan fingerprint density at radius 3 is 2.67 bits per heavy atom. The number of hydrogen-bond donors (Lipinski definition) is 1. The van der Waals surface area contributed by atoms with E-state index in [1.165, 1.54) is 0 Å². The predicted octanol–water partition coefficient (Wildman–Crippen LogP) is 0.985. The minimum atomic E-state index is -1.15. The summed E-state index contributed by atoms with van der Waals surface area (Å²) in [5.74, 6) is -1.64. The van der Waals surface area contributed by atoms with Gasteiger partial charge in [0.15, 0.2) is 0 Å². The molecule has 1 rings (SSSR count). The van der Waals surface area contributed by atoms with Crippen LogP contribution in [0.5, 0.6) is 5.88 Å². The number of aromatic carboxylic acids is 1. The largest absolute Gasteiger partial charge is 0.476 e. The molecule has 9 heavy (non-hydrogen) atoms. The van der Waals surface area contributed by atoms with Crippen LogP contribution < -0.4 is 0 Å². The first-order valence-electron chi connectivity index (χ1n) is 2.06. The number of carboxylic acid groups (broad SMARTS) is 1. The van der Waals surface area contributed by atoms with Gasteiger partial charge >= 0.3 is 5.97 Å². The van der Waals surface area contributed by atoms with E-state index in [-0.39, 0.29) is 5.01 Å². The summed E-state index contributed by atoms with van der Waals surface area (Å²) in [4.78, 5) is 13.2. The van der Waals surface area contributed by atoms with Crippen molar-refractivity contribution in [2.75, 3.05) is 0 Å². The van der Waals surface area contributed by atoms with Crippen LogP contribution in [0, 0.1) is 0 Å². The van der Waals surface area contributed by atoms with Crippen molar-refractivity contribution in [1.29, 1.82) is 0 Å². The molecule has 0 amide bonds. The van der Waals surface area contributed by atoms with Crippen molar-refractivity contribution in [2.24, 2.45) is 0 Å². The first-order chi connectivity index (χ1) is 4.20. The summed E-state index contributed by atoms with van der Waals surface area (Å²) < 4.78 is 0. The topological polar surface area (TPSA) is 70.1 Å². The Morgan fingerprint density at radius 1 is 1.78 bits per heavy atom. The Kier molecular flexibility index (Phi) is 1.35. The lowest BCUT2D eigenvalue weighted by Crippen LogP contribution is -1.92. The van der Waals surface area contributed by atoms with Crippen molar-refractivity contribution in [1.82, 2.24) is 4.98 Å². The van der Waals surface area contributed by atoms with Crippen LogP contribution in [-0.2, 0) is 5.11 Å². The van der Waals surface area contributed by atoms with E-state index >= 15 is 0 Å². The van der Waals surface area contributed by atoms with E-state index in [2.05, 4.69) is 4.98 Å². The van der Waals surface area contributed by atoms with E-state index in [1.807, 2.05) is 0 Å². The molecule has 0 spiro atoms. The standard InChI is InChI=1S/C4H2NO3S/c6-2-1-9-3(5-2)4(7)8/h1H,(H,7,8). The number of aromatic nitrogens is 1. The molecule has 1 aromatic rings. The lowest BCUT2D eigenvalue weighted by atomic mass is 10.7. The average molecular weight is 144 g/mol. The Balaban J connectivity index is 2.98. The van der Waals surface area contributed by atoms with E-state index in [0.717, 1.165) is 16.7 Å². The SMILES string of the molecule is [O]c1csc(C(=O)O)n1. The van der Waals surface area contributed by atoms with Crippen LogP contribution >= 0.6 is 11.3 Å². The zero-order valence-electron chi connectivity index (χ0n) is 4.20. The molecule has 0 saturated heterocycles. The van der Waals surface area contributed by atoms with Crippen LogP contribution in [0.15, 0.2) is 5.38 Å². The van der Waals surface area contributed by atoms with E-state index in [1.54, 1.807) is 0 Å². The van der Waals surface area contributed by atoms with Crippen molar-refractivity contribution in [3.05, 3.63) is 10.4 Å². The molecule has 0 bridgehead atoms. The second kappa shape index (κ2) is 2.02. The number of carbonyl (C=O) groups is 1. The zero-order chi connectivity index (χ0) is 6.85. The van der Waals surface area contributed by atoms with Crippen LogP contribution in [-0.4, -0.2) is 16.1 Å². The molecule has 0 aliphatic rings. The van der Waals surface area contributed by atoms with Gasteiger partial charge in [-0.05, 0) is 0 Å². The summed E-state index contributed by atoms with van der Waals surface area (Å²) in [6, 6.07) is 0. The van der Waals surface area contributed by atoms with Gasteiger partial charge in [0, 0.05) is 0 Å². The van der Waals surface area contributed by atoms with Gasteiger partial charge in [-0.15, -0.1) is 11.3 Å². The van der Waals surface area contributed by atoms with Gasteiger partial charge in [0.1, 0.15) is 0 Å². The normalized spacial score (nSPS) is 9.33. The zero-order valence-corrected chi connectivity index (χ0v) is 5.01. The molecule has 0 aromatic carbocycles. The molecule has 0 aliphatic carbocycles. The summed E-state index contributed by atoms with van der Waals surface area (Å²) in [7, 11) is 0. The molecule has 1 N–H and O–H groups in total. The van der Waals surface area contributed by atoms with Crippen LogP contribution in [0.4, 0.5) is 0 Å². The third kappa shape index (κ3) is 1.17. The Labute approximate surface area is 54.4 Å². The molecule has 1 heterocycles. The molecular formula is C4H2NO3S. The number of nitrogens with zero attached hydrogens (tertiary/aromatic N) is 1. The second-order valence-corrected chi connectivity index (χ2v) is 2.15. The Morgan fingerprint density at radius 2 is 2.44 bits per heavy atom. The fourth-order valence-electron chi connectivity index (χ4n) is 0.357. The first kappa shape index (κ1) is 6.03. The molecule has 4 nitrogen and oxygen atoms in total. The van der Waals surface area contributed by atoms with Gasteiger partial charge in [-0.1, -0.05) is 0 Å². The van der Waals surface area contributed by atoms with E-state index in [0.29, 0.717) is 0 Å². The van der Waals surface area contributed by atoms with Gasteiger partial charge in [-0.25, -0.2) is 4.79 Å². The molecule has 0 fully saturated rings. The minimum Gasteiger partial charge on any atom is -0.476 e. The minimum absolute atomic E-state index is 0.153. The van der Waals surface area contributed by atoms with Gasteiger partial charge < -0.3 is 5.11 Å². The molecule has 1 radical (unpaired) electrons. The number of hydrogen-bond acceptors (Lipinski definition) is 3. The monoisotopic (exact) mass is 144 g/mol. The molecule has 5 heteroatoms. The summed E-state index contributed by atoms with van der Waals surface area (Å²) in [6.45, 7) is 0. The van der Waals surface area contributed by atoms with Crippen LogP contribution in [0.3, 0.4) is 0 Å². The number of carboxylic acids is 1. The molecule has 0 saturated carbocycles. The fourth-order valence-corrected chi connectivity index (χ4v) is 0.866. The van der Waals surface area contributed by atoms with Gasteiger partial charge in [0.2, 0.25) is 5.01 Å². The lowest BCUT2D eigenvalue weighted by molar-refractivity contribution is 0.0695. The number of thiazole rings is 1. The third-order valence-corrected chi connectivity index (χ3v) is 1.47. The van der Waals surface area contributed by atoms with E-state index in [9.17, 15) is 9.90 Å². The van der Waals surface area contributed by atoms with E-state index in [4.69, 9.17) is 5.11 Å². The second-order valence-electron chi connectivity index (χ2n) is 1.30. The molecule has 0 atom stereocenters. The van der Waals surface area contributed by atoms with Crippen molar-refractivity contribution >= 4 is 17.3 Å². The van der Waals surface area contributed by atoms with Gasteiger partial charge in [0.05, 0.1) is 5.38 Å². The molecule has 47 valence electrons. The fraction of sp³-hybridized carbons (Fsp3) is 0. The van der Waals surface area contributed by atoms with Crippen molar-refractivity contribution in [3.63, 3.8) is 0 Å². The average Bonchev–Trinajstić information content (AvgIpc) is 2.14. The van der Waals surface area contributed by atoms with Gasteiger partial charge in [-0.2, -0.15) is 4.98 Å². The summed E-state index contributed by atoms with van der Waals surface area (Å²) in [5.41, 5.74) is 0. The van der Waals surface area contributed by atoms with Crippen LogP contribution in [0.25, 0.3) is 0 Å². The van der Waals surface area contributed by atoms with Crippen molar-refractivity contribution in [2.45, 2.75) is 0 Å². The smallest absolute Gasteiger partial charge is 0.365 e. The van der Waals surface area contributed by atoms with Gasteiger partial charge in [0.25, 0.3) is 5.88 Å². The highest BCUT2D eigenvalue weighted by Gasteiger charge is 2.07. The van der Waals surface area contributed by atoms with Crippen LogP contribution in [0.1, 0.15) is 9.80 Å². The summed E-state index contributed by atoms with van der Waals surface area (Å²) >= 11 is 0.834. The Hall–Kier alpha value is -1.10. The van der Waals surface area contributed by atoms with Crippen molar-refractivity contribution in [3.8, 4) is 5.88 Å². The van der Waals surface area contributed by atoms with Crippen LogP contribution in [0.2, 0.25) is 0 Å². The van der Waals surface area contributed by atoms with E-state index < -0.39 is 11.8 Å². The highest BCUT2D eigenvalue weighted by molar-refractivity contribution is 7.11. The maximum atomic E-state index is 10.2. The predicted molar refractivity (Wildman–Crippen MR) is 29.2 cm³/mol. The Bertz CT molecular complexity index is 231. The quantitative estimate of drug-likeness (QED) is 0.638. The summed E-state index contributed by atoms with van der Waals surface area (Å²) in [6.07, 6.45) is 0. The molecule has 1 aromatic heterocycles. The molecule has 0 aliphatic heterocycles. The van der Waals surface area contributed by atoms with Gasteiger partial charge in [-0.3, -0.25) is 5.11 Å². The summed E-state index contributed by atoms with van der Waals surface area (Å²) in [5, 5.41) is 19.4. The highest BCUT2D eigenvalue weighted by atomic mass is 32.1. The first-order valence-corrected chi connectivity index (χ1v) is 2.94.